The van der Waals surface area contributed by atoms with E-state index < -0.39 is 0 Å². The van der Waals surface area contributed by atoms with Gasteiger partial charge < -0.3 is 20.9 Å². The number of piperazine rings is 1. The Hall–Kier alpha value is 0.220. The highest BCUT2D eigenvalue weighted by Gasteiger charge is 2.27. The third-order valence-electron chi connectivity index (χ3n) is 4.95. The molecule has 2 aliphatic rings. The second-order valence-corrected chi connectivity index (χ2v) is 6.86. The first-order valence-electron chi connectivity index (χ1n) is 8.56. The molecule has 0 aromatic heterocycles. The molecule has 3 atom stereocenters. The van der Waals surface area contributed by atoms with Crippen molar-refractivity contribution in [1.29, 1.82) is 0 Å². The molecule has 1 heterocycles. The molecule has 0 radical (unpaired) electrons. The van der Waals surface area contributed by atoms with Crippen molar-refractivity contribution in [3.63, 3.8) is 0 Å². The van der Waals surface area contributed by atoms with Gasteiger partial charge in [0.25, 0.3) is 0 Å². The molecule has 24 heavy (non-hydrogen) atoms. The molecule has 1 aliphatic heterocycles. The molecular weight excluding hydrogens is 371 g/mol. The van der Waals surface area contributed by atoms with Crippen molar-refractivity contribution >= 4 is 43.1 Å². The SMILES string of the molecule is CCN1CCN(CC(C)CNC(=O)C2CCC(N)C2)CC1.Cl.Cl.Cl. The summed E-state index contributed by atoms with van der Waals surface area (Å²) in [4.78, 5) is 17.1. The van der Waals surface area contributed by atoms with Gasteiger partial charge in [-0.15, -0.1) is 37.2 Å². The largest absolute Gasteiger partial charge is 0.356 e. The van der Waals surface area contributed by atoms with Crippen LogP contribution in [0, 0.1) is 11.8 Å². The Kier molecular flexibility index (Phi) is 14.8. The van der Waals surface area contributed by atoms with Crippen LogP contribution in [0.4, 0.5) is 0 Å². The van der Waals surface area contributed by atoms with Crippen LogP contribution in [-0.4, -0.2) is 67.6 Å². The standard InChI is InChI=1S/C16H32N4O.3ClH/c1-3-19-6-8-20(9-7-19)12-13(2)11-18-16(21)14-4-5-15(17)10-14;;;/h13-15H,3-12,17H2,1-2H3,(H,18,21);3*1H. The lowest BCUT2D eigenvalue weighted by Crippen LogP contribution is -2.48. The number of nitrogens with two attached hydrogens (primary N) is 1. The van der Waals surface area contributed by atoms with Crippen molar-refractivity contribution in [2.24, 2.45) is 17.6 Å². The van der Waals surface area contributed by atoms with E-state index in [0.29, 0.717) is 5.92 Å². The first-order chi connectivity index (χ1) is 10.1. The van der Waals surface area contributed by atoms with E-state index in [0.717, 1.165) is 52.0 Å². The molecule has 0 aromatic rings. The van der Waals surface area contributed by atoms with Crippen molar-refractivity contribution in [3.8, 4) is 0 Å². The number of hydrogen-bond acceptors (Lipinski definition) is 4. The molecule has 0 spiro atoms. The number of nitrogens with one attached hydrogen (secondary N) is 1. The Morgan fingerprint density at radius 2 is 1.71 bits per heavy atom. The normalized spacial score (nSPS) is 25.8. The van der Waals surface area contributed by atoms with Gasteiger partial charge in [0.2, 0.25) is 5.91 Å². The molecule has 1 saturated carbocycles. The molecule has 1 aliphatic carbocycles. The molecule has 3 unspecified atom stereocenters. The summed E-state index contributed by atoms with van der Waals surface area (Å²) in [7, 11) is 0. The van der Waals surface area contributed by atoms with Crippen LogP contribution in [0.5, 0.6) is 0 Å². The molecule has 0 aromatic carbocycles. The van der Waals surface area contributed by atoms with Gasteiger partial charge in [0.15, 0.2) is 0 Å². The molecule has 3 N–H and O–H groups in total. The number of nitrogens with zero attached hydrogens (tertiary/aromatic N) is 2. The predicted octanol–water partition coefficient (Wildman–Crippen LogP) is 1.77. The average molecular weight is 406 g/mol. The van der Waals surface area contributed by atoms with E-state index in [2.05, 4.69) is 29.0 Å². The second kappa shape index (κ2) is 13.4. The number of rotatable bonds is 6. The van der Waals surface area contributed by atoms with Crippen LogP contribution in [0.25, 0.3) is 0 Å². The van der Waals surface area contributed by atoms with E-state index in [1.807, 2.05) is 0 Å². The third-order valence-corrected chi connectivity index (χ3v) is 4.95. The second-order valence-electron chi connectivity index (χ2n) is 6.86. The summed E-state index contributed by atoms with van der Waals surface area (Å²) < 4.78 is 0. The predicted molar refractivity (Wildman–Crippen MR) is 108 cm³/mol. The number of carbonyl (C=O) groups excluding carboxylic acids is 1. The van der Waals surface area contributed by atoms with Crippen molar-refractivity contribution in [3.05, 3.63) is 0 Å². The monoisotopic (exact) mass is 404 g/mol. The van der Waals surface area contributed by atoms with Crippen LogP contribution >= 0.6 is 37.2 Å². The lowest BCUT2D eigenvalue weighted by molar-refractivity contribution is -0.125. The highest BCUT2D eigenvalue weighted by atomic mass is 35.5. The van der Waals surface area contributed by atoms with Crippen LogP contribution in [0.1, 0.15) is 33.1 Å². The zero-order valence-electron chi connectivity index (χ0n) is 14.9. The van der Waals surface area contributed by atoms with Gasteiger partial charge in [0.1, 0.15) is 0 Å². The number of likely N-dealkylation sites (N-methyl/N-ethyl adjacent to an activating group) is 1. The van der Waals surface area contributed by atoms with E-state index in [4.69, 9.17) is 5.73 Å². The first kappa shape index (κ1) is 26.4. The van der Waals surface area contributed by atoms with E-state index in [9.17, 15) is 4.79 Å². The quantitative estimate of drug-likeness (QED) is 0.707. The summed E-state index contributed by atoms with van der Waals surface area (Å²) in [6, 6.07) is 0.230. The molecular formula is C16H35Cl3N4O. The van der Waals surface area contributed by atoms with Gasteiger partial charge in [-0.1, -0.05) is 13.8 Å². The Morgan fingerprint density at radius 1 is 1.12 bits per heavy atom. The number of hydrogen-bond donors (Lipinski definition) is 2. The van der Waals surface area contributed by atoms with Crippen molar-refractivity contribution in [2.45, 2.75) is 39.2 Å². The van der Waals surface area contributed by atoms with Crippen LogP contribution in [0.2, 0.25) is 0 Å². The van der Waals surface area contributed by atoms with Gasteiger partial charge >= 0.3 is 0 Å². The van der Waals surface area contributed by atoms with Crippen molar-refractivity contribution in [2.75, 3.05) is 45.8 Å². The van der Waals surface area contributed by atoms with Crippen LogP contribution < -0.4 is 11.1 Å². The minimum absolute atomic E-state index is 0. The van der Waals surface area contributed by atoms with Gasteiger partial charge in [0.05, 0.1) is 0 Å². The maximum Gasteiger partial charge on any atom is 0.223 e. The summed E-state index contributed by atoms with van der Waals surface area (Å²) in [5, 5.41) is 3.12. The van der Waals surface area contributed by atoms with E-state index in [1.165, 1.54) is 13.1 Å². The Labute approximate surface area is 165 Å². The first-order valence-corrected chi connectivity index (χ1v) is 8.56. The molecule has 0 bridgehead atoms. The van der Waals surface area contributed by atoms with E-state index >= 15 is 0 Å². The molecule has 1 saturated heterocycles. The van der Waals surface area contributed by atoms with Crippen molar-refractivity contribution < 1.29 is 4.79 Å². The zero-order valence-corrected chi connectivity index (χ0v) is 17.4. The molecule has 2 rings (SSSR count). The number of carbonyl (C=O) groups is 1. The minimum atomic E-state index is 0. The fourth-order valence-corrected chi connectivity index (χ4v) is 3.47. The summed E-state index contributed by atoms with van der Waals surface area (Å²) in [6.45, 7) is 12.2. The fourth-order valence-electron chi connectivity index (χ4n) is 3.47. The number of amides is 1. The lowest BCUT2D eigenvalue weighted by Gasteiger charge is -2.35. The minimum Gasteiger partial charge on any atom is -0.356 e. The van der Waals surface area contributed by atoms with Gasteiger partial charge in [-0.25, -0.2) is 0 Å². The average Bonchev–Trinajstić information content (AvgIpc) is 2.92. The van der Waals surface area contributed by atoms with E-state index in [1.54, 1.807) is 0 Å². The maximum absolute atomic E-state index is 12.1. The molecule has 1 amide bonds. The summed E-state index contributed by atoms with van der Waals surface area (Å²) in [5.74, 6) is 0.878. The van der Waals surface area contributed by atoms with Gasteiger partial charge in [-0.3, -0.25) is 4.79 Å². The molecule has 8 heteroatoms. The number of halogens is 3. The smallest absolute Gasteiger partial charge is 0.223 e. The van der Waals surface area contributed by atoms with Crippen LogP contribution in [0.15, 0.2) is 0 Å². The zero-order chi connectivity index (χ0) is 15.2. The lowest BCUT2D eigenvalue weighted by atomic mass is 10.1. The third kappa shape index (κ3) is 8.54. The molecule has 146 valence electrons. The Bertz CT molecular complexity index is 341. The topological polar surface area (TPSA) is 61.6 Å². The van der Waals surface area contributed by atoms with Gasteiger partial charge in [-0.05, 0) is 31.7 Å². The van der Waals surface area contributed by atoms with Crippen LogP contribution in [-0.2, 0) is 4.79 Å². The van der Waals surface area contributed by atoms with Crippen LogP contribution in [0.3, 0.4) is 0 Å². The van der Waals surface area contributed by atoms with Gasteiger partial charge in [-0.2, -0.15) is 0 Å². The summed E-state index contributed by atoms with van der Waals surface area (Å²) in [6.07, 6.45) is 2.81. The molecule has 2 fully saturated rings. The fraction of sp³-hybridized carbons (Fsp3) is 0.938. The van der Waals surface area contributed by atoms with Crippen molar-refractivity contribution in [1.82, 2.24) is 15.1 Å². The Morgan fingerprint density at radius 3 is 2.21 bits per heavy atom. The summed E-state index contributed by atoms with van der Waals surface area (Å²) >= 11 is 0. The highest BCUT2D eigenvalue weighted by molar-refractivity contribution is 5.86. The Balaban J connectivity index is 0. The van der Waals surface area contributed by atoms with Gasteiger partial charge in [0, 0.05) is 51.2 Å². The maximum atomic E-state index is 12.1. The van der Waals surface area contributed by atoms with E-state index in [-0.39, 0.29) is 55.1 Å². The summed E-state index contributed by atoms with van der Waals surface area (Å²) in [5.41, 5.74) is 5.87. The highest BCUT2D eigenvalue weighted by Crippen LogP contribution is 2.24. The molecule has 5 nitrogen and oxygen atoms in total.